The van der Waals surface area contributed by atoms with E-state index in [1.165, 1.54) is 0 Å². The van der Waals surface area contributed by atoms with Crippen molar-refractivity contribution in [2.45, 2.75) is 0 Å². The van der Waals surface area contributed by atoms with Crippen molar-refractivity contribution in [3.63, 3.8) is 0 Å². The van der Waals surface area contributed by atoms with Crippen LogP contribution in [0.2, 0.25) is 0 Å². The number of benzene rings is 2. The van der Waals surface area contributed by atoms with E-state index < -0.39 is 10.3 Å². The first-order chi connectivity index (χ1) is 8.88. The van der Waals surface area contributed by atoms with Crippen molar-refractivity contribution in [2.24, 2.45) is 0 Å². The smallest absolute Gasteiger partial charge is 0.269 e. The van der Waals surface area contributed by atoms with Crippen LogP contribution in [-0.4, -0.2) is 13.0 Å². The molecule has 0 aromatic heterocycles. The van der Waals surface area contributed by atoms with Crippen LogP contribution in [-0.2, 0) is 10.3 Å². The first kappa shape index (κ1) is 14.0. The predicted octanol–water partition coefficient (Wildman–Crippen LogP) is 3.57. The molecule has 19 heavy (non-hydrogen) atoms. The Morgan fingerprint density at radius 3 is 1.79 bits per heavy atom. The third-order valence-corrected chi connectivity index (χ3v) is 3.87. The molecule has 0 aliphatic rings. The average Bonchev–Trinajstić information content (AvgIpc) is 2.33. The zero-order valence-corrected chi connectivity index (χ0v) is 12.2. The normalized spacial score (nSPS) is 11.3. The fraction of sp³-hybridized carbons (Fsp3) is 0. The highest BCUT2D eigenvalue weighted by Gasteiger charge is 2.21. The first-order valence-corrected chi connectivity index (χ1v) is 7.52. The van der Waals surface area contributed by atoms with Crippen molar-refractivity contribution in [1.29, 1.82) is 0 Å². The van der Waals surface area contributed by atoms with Gasteiger partial charge in [0.2, 0.25) is 0 Å². The summed E-state index contributed by atoms with van der Waals surface area (Å²) >= 11 is 3.27. The molecular formula is C13H11BrNO3S. The van der Waals surface area contributed by atoms with Gasteiger partial charge in [-0.25, -0.2) is 4.31 Å². The van der Waals surface area contributed by atoms with Crippen LogP contribution < -0.4 is 4.31 Å². The fourth-order valence-corrected chi connectivity index (χ4v) is 2.66. The molecule has 0 amide bonds. The zero-order chi connectivity index (χ0) is 14.0. The Labute approximate surface area is 120 Å². The minimum atomic E-state index is -4.40. The maximum absolute atomic E-state index is 11.6. The summed E-state index contributed by atoms with van der Waals surface area (Å²) in [6.07, 6.45) is 0. The van der Waals surface area contributed by atoms with Gasteiger partial charge in [0.15, 0.2) is 0 Å². The third kappa shape index (κ3) is 3.34. The molecule has 2 aromatic rings. The number of hydrogen-bond acceptors (Lipinski definition) is 2. The lowest BCUT2D eigenvalue weighted by molar-refractivity contribution is 0.483. The highest BCUT2D eigenvalue weighted by Crippen LogP contribution is 2.29. The van der Waals surface area contributed by atoms with E-state index in [-0.39, 0.29) is 0 Å². The highest BCUT2D eigenvalue weighted by atomic mass is 79.9. The van der Waals surface area contributed by atoms with Crippen LogP contribution in [0, 0.1) is 6.92 Å². The Kier molecular flexibility index (Phi) is 3.93. The maximum Gasteiger partial charge on any atom is 0.364 e. The van der Waals surface area contributed by atoms with E-state index in [4.69, 9.17) is 0 Å². The van der Waals surface area contributed by atoms with Crippen LogP contribution in [0.4, 0.5) is 11.4 Å². The van der Waals surface area contributed by atoms with Crippen LogP contribution in [0.15, 0.2) is 53.0 Å². The van der Waals surface area contributed by atoms with Gasteiger partial charge in [-0.15, -0.1) is 0 Å². The van der Waals surface area contributed by atoms with E-state index in [0.717, 1.165) is 14.3 Å². The van der Waals surface area contributed by atoms with E-state index in [1.54, 1.807) is 48.5 Å². The molecule has 0 fully saturated rings. The zero-order valence-electron chi connectivity index (χ0n) is 9.82. The second-order valence-electron chi connectivity index (χ2n) is 3.89. The quantitative estimate of drug-likeness (QED) is 0.869. The molecule has 0 unspecified atom stereocenters. The van der Waals surface area contributed by atoms with Gasteiger partial charge in [0.1, 0.15) is 0 Å². The summed E-state index contributed by atoms with van der Waals surface area (Å²) in [5.41, 5.74) is 1.45. The monoisotopic (exact) mass is 340 g/mol. The summed E-state index contributed by atoms with van der Waals surface area (Å²) in [4.78, 5) is 0. The summed E-state index contributed by atoms with van der Waals surface area (Å²) in [6.45, 7) is 3.73. The Balaban J connectivity index is 2.54. The second-order valence-corrected chi connectivity index (χ2v) is 6.06. The SMILES string of the molecule is [CH2]c1ccc(N(c2ccc(Br)cc2)S(=O)(=O)O)cc1. The van der Waals surface area contributed by atoms with Crippen molar-refractivity contribution in [2.75, 3.05) is 4.31 Å². The van der Waals surface area contributed by atoms with Crippen molar-refractivity contribution in [1.82, 2.24) is 0 Å². The number of halogens is 1. The van der Waals surface area contributed by atoms with E-state index in [0.29, 0.717) is 11.4 Å². The predicted molar refractivity (Wildman–Crippen MR) is 78.7 cm³/mol. The molecule has 99 valence electrons. The van der Waals surface area contributed by atoms with E-state index in [1.807, 2.05) is 0 Å². The van der Waals surface area contributed by atoms with Crippen LogP contribution in [0.25, 0.3) is 0 Å². The molecule has 0 atom stereocenters. The summed E-state index contributed by atoms with van der Waals surface area (Å²) in [7, 11) is -4.40. The number of anilines is 2. The summed E-state index contributed by atoms with van der Waals surface area (Å²) < 4.78 is 34.2. The largest absolute Gasteiger partial charge is 0.364 e. The molecule has 0 bridgehead atoms. The Bertz CT molecular complexity index is 621. The Morgan fingerprint density at radius 1 is 0.947 bits per heavy atom. The molecule has 0 heterocycles. The van der Waals surface area contributed by atoms with Gasteiger partial charge >= 0.3 is 10.3 Å². The standard InChI is InChI=1S/C13H11BrNO3S/c1-10-2-6-12(7-3-10)15(19(16,17)18)13-8-4-11(14)5-9-13/h2-9H,1H2,(H,16,17,18). The molecule has 0 aliphatic heterocycles. The van der Waals surface area contributed by atoms with Crippen molar-refractivity contribution < 1.29 is 13.0 Å². The van der Waals surface area contributed by atoms with Gasteiger partial charge < -0.3 is 0 Å². The second kappa shape index (κ2) is 5.32. The molecule has 0 saturated carbocycles. The number of hydrogen-bond donors (Lipinski definition) is 1. The van der Waals surface area contributed by atoms with Crippen LogP contribution >= 0.6 is 15.9 Å². The van der Waals surface area contributed by atoms with Gasteiger partial charge in [-0.3, -0.25) is 4.55 Å². The van der Waals surface area contributed by atoms with Crippen molar-refractivity contribution in [3.8, 4) is 0 Å². The van der Waals surface area contributed by atoms with Crippen molar-refractivity contribution >= 4 is 37.6 Å². The molecular weight excluding hydrogens is 330 g/mol. The van der Waals surface area contributed by atoms with Gasteiger partial charge in [-0.1, -0.05) is 28.1 Å². The molecule has 1 radical (unpaired) electrons. The van der Waals surface area contributed by atoms with Crippen LogP contribution in [0.3, 0.4) is 0 Å². The molecule has 0 spiro atoms. The Morgan fingerprint density at radius 2 is 1.37 bits per heavy atom. The highest BCUT2D eigenvalue weighted by molar-refractivity contribution is 9.10. The van der Waals surface area contributed by atoms with Crippen LogP contribution in [0.5, 0.6) is 0 Å². The van der Waals surface area contributed by atoms with Gasteiger partial charge in [-0.05, 0) is 48.9 Å². The van der Waals surface area contributed by atoms with E-state index in [9.17, 15) is 13.0 Å². The lowest BCUT2D eigenvalue weighted by atomic mass is 10.2. The molecule has 0 saturated heterocycles. The minimum Gasteiger partial charge on any atom is -0.269 e. The summed E-state index contributed by atoms with van der Waals surface area (Å²) in [5, 5.41) is 0. The topological polar surface area (TPSA) is 57.6 Å². The lowest BCUT2D eigenvalue weighted by Gasteiger charge is -2.21. The maximum atomic E-state index is 11.6. The van der Waals surface area contributed by atoms with Gasteiger partial charge in [0, 0.05) is 4.47 Å². The van der Waals surface area contributed by atoms with E-state index >= 15 is 0 Å². The molecule has 0 aliphatic carbocycles. The Hall–Kier alpha value is -1.37. The summed E-state index contributed by atoms with van der Waals surface area (Å²) in [5.74, 6) is 0. The van der Waals surface area contributed by atoms with Gasteiger partial charge in [-0.2, -0.15) is 8.42 Å². The third-order valence-electron chi connectivity index (χ3n) is 2.46. The van der Waals surface area contributed by atoms with Gasteiger partial charge in [0.25, 0.3) is 0 Å². The van der Waals surface area contributed by atoms with E-state index in [2.05, 4.69) is 22.9 Å². The number of rotatable bonds is 3. The lowest BCUT2D eigenvalue weighted by Crippen LogP contribution is -2.25. The molecule has 4 nitrogen and oxygen atoms in total. The molecule has 6 heteroatoms. The van der Waals surface area contributed by atoms with Crippen molar-refractivity contribution in [3.05, 3.63) is 65.5 Å². The van der Waals surface area contributed by atoms with Crippen LogP contribution in [0.1, 0.15) is 5.56 Å². The number of nitrogens with zero attached hydrogens (tertiary/aromatic N) is 1. The molecule has 2 aromatic carbocycles. The average molecular weight is 341 g/mol. The minimum absolute atomic E-state index is 0.345. The molecule has 1 N–H and O–H groups in total. The van der Waals surface area contributed by atoms with Gasteiger partial charge in [0.05, 0.1) is 11.4 Å². The molecule has 2 rings (SSSR count). The fourth-order valence-electron chi connectivity index (χ4n) is 1.62. The first-order valence-electron chi connectivity index (χ1n) is 5.33. The summed E-state index contributed by atoms with van der Waals surface area (Å²) in [6, 6.07) is 13.1.